The Labute approximate surface area is 113 Å². The molecule has 0 aliphatic heterocycles. The number of carbonyl (C=O) groups is 1. The molecule has 2 aromatic rings. The quantitative estimate of drug-likeness (QED) is 0.489. The molecule has 0 aliphatic rings. The lowest BCUT2D eigenvalue weighted by Crippen LogP contribution is -2.27. The van der Waals surface area contributed by atoms with Crippen molar-refractivity contribution in [3.05, 3.63) is 64.2 Å². The van der Waals surface area contributed by atoms with Gasteiger partial charge in [0, 0.05) is 31.1 Å². The van der Waals surface area contributed by atoms with E-state index in [1.165, 1.54) is 54.5 Å². The van der Waals surface area contributed by atoms with E-state index in [0.717, 1.165) is 0 Å². The van der Waals surface area contributed by atoms with Gasteiger partial charge in [-0.2, -0.15) is 4.39 Å². The van der Waals surface area contributed by atoms with Gasteiger partial charge in [-0.05, 0) is 24.3 Å². The molecule has 6 nitrogen and oxygen atoms in total. The van der Waals surface area contributed by atoms with Gasteiger partial charge < -0.3 is 4.90 Å². The molecule has 0 unspecified atom stereocenters. The SMILES string of the molecule is CN(C(=O)c1cccnc1F)c1ccc([N+](=O)[O-])cc1. The Hall–Kier alpha value is -2.83. The highest BCUT2D eigenvalue weighted by atomic mass is 19.1. The lowest BCUT2D eigenvalue weighted by Gasteiger charge is -2.17. The van der Waals surface area contributed by atoms with Crippen LogP contribution < -0.4 is 4.90 Å². The zero-order valence-electron chi connectivity index (χ0n) is 10.5. The van der Waals surface area contributed by atoms with Crippen molar-refractivity contribution < 1.29 is 14.1 Å². The lowest BCUT2D eigenvalue weighted by molar-refractivity contribution is -0.384. The maximum absolute atomic E-state index is 13.4. The molecule has 0 saturated heterocycles. The van der Waals surface area contributed by atoms with Crippen molar-refractivity contribution in [2.45, 2.75) is 0 Å². The number of halogens is 1. The van der Waals surface area contributed by atoms with Crippen LogP contribution in [0.5, 0.6) is 0 Å². The van der Waals surface area contributed by atoms with E-state index in [4.69, 9.17) is 0 Å². The molecule has 0 fully saturated rings. The number of nitrogens with zero attached hydrogens (tertiary/aromatic N) is 3. The number of amides is 1. The summed E-state index contributed by atoms with van der Waals surface area (Å²) in [5.74, 6) is -1.43. The number of aromatic nitrogens is 1. The fourth-order valence-corrected chi connectivity index (χ4v) is 1.64. The third-order valence-corrected chi connectivity index (χ3v) is 2.74. The Morgan fingerprint density at radius 2 is 1.95 bits per heavy atom. The van der Waals surface area contributed by atoms with Crippen LogP contribution in [0.4, 0.5) is 15.8 Å². The summed E-state index contributed by atoms with van der Waals surface area (Å²) in [4.78, 5) is 26.7. The van der Waals surface area contributed by atoms with Gasteiger partial charge >= 0.3 is 0 Å². The molecule has 0 atom stereocenters. The fourth-order valence-electron chi connectivity index (χ4n) is 1.64. The van der Waals surface area contributed by atoms with Gasteiger partial charge in [0.25, 0.3) is 11.6 Å². The van der Waals surface area contributed by atoms with E-state index in [1.807, 2.05) is 0 Å². The number of hydrogen-bond donors (Lipinski definition) is 0. The van der Waals surface area contributed by atoms with Gasteiger partial charge in [-0.25, -0.2) is 4.98 Å². The van der Waals surface area contributed by atoms with Crippen LogP contribution >= 0.6 is 0 Å². The van der Waals surface area contributed by atoms with Gasteiger partial charge in [-0.15, -0.1) is 0 Å². The van der Waals surface area contributed by atoms with Crippen molar-refractivity contribution in [2.24, 2.45) is 0 Å². The molecule has 1 amide bonds. The Bertz CT molecular complexity index is 658. The third-order valence-electron chi connectivity index (χ3n) is 2.74. The number of carbonyl (C=O) groups excluding carboxylic acids is 1. The summed E-state index contributed by atoms with van der Waals surface area (Å²) >= 11 is 0. The summed E-state index contributed by atoms with van der Waals surface area (Å²) in [6.07, 6.45) is 1.25. The van der Waals surface area contributed by atoms with E-state index in [1.54, 1.807) is 0 Å². The highest BCUT2D eigenvalue weighted by Gasteiger charge is 2.18. The minimum Gasteiger partial charge on any atom is -0.311 e. The molecular formula is C13H10FN3O3. The van der Waals surface area contributed by atoms with Gasteiger partial charge in [0.2, 0.25) is 5.95 Å². The van der Waals surface area contributed by atoms with Crippen molar-refractivity contribution in [1.82, 2.24) is 4.98 Å². The Morgan fingerprint density at radius 1 is 1.30 bits per heavy atom. The van der Waals surface area contributed by atoms with E-state index in [2.05, 4.69) is 4.98 Å². The molecule has 20 heavy (non-hydrogen) atoms. The molecule has 0 aliphatic carbocycles. The Kier molecular flexibility index (Phi) is 3.69. The molecule has 1 aromatic carbocycles. The summed E-state index contributed by atoms with van der Waals surface area (Å²) in [5.41, 5.74) is 0.180. The van der Waals surface area contributed by atoms with Crippen LogP contribution in [0.15, 0.2) is 42.6 Å². The van der Waals surface area contributed by atoms with Crippen LogP contribution in [0.3, 0.4) is 0 Å². The first-order chi connectivity index (χ1) is 9.50. The normalized spacial score (nSPS) is 10.1. The number of benzene rings is 1. The summed E-state index contributed by atoms with van der Waals surface area (Å²) in [5, 5.41) is 10.5. The van der Waals surface area contributed by atoms with Gasteiger partial charge in [0.05, 0.1) is 10.5 Å². The van der Waals surface area contributed by atoms with Gasteiger partial charge in [0.15, 0.2) is 0 Å². The molecule has 0 bridgehead atoms. The molecule has 1 aromatic heterocycles. The zero-order chi connectivity index (χ0) is 14.7. The number of pyridine rings is 1. The average Bonchev–Trinajstić information content (AvgIpc) is 2.46. The van der Waals surface area contributed by atoms with Crippen molar-refractivity contribution >= 4 is 17.3 Å². The number of hydrogen-bond acceptors (Lipinski definition) is 4. The summed E-state index contributed by atoms with van der Waals surface area (Å²) in [6, 6.07) is 8.18. The number of nitro benzene ring substituents is 1. The second kappa shape index (κ2) is 5.43. The highest BCUT2D eigenvalue weighted by molar-refractivity contribution is 6.05. The van der Waals surface area contributed by atoms with Crippen molar-refractivity contribution in [3.8, 4) is 0 Å². The second-order valence-electron chi connectivity index (χ2n) is 3.98. The standard InChI is InChI=1S/C13H10FN3O3/c1-16(9-4-6-10(7-5-9)17(19)20)13(18)11-3-2-8-15-12(11)14/h2-8H,1H3. The Balaban J connectivity index is 2.27. The first-order valence-electron chi connectivity index (χ1n) is 5.63. The predicted octanol–water partition coefficient (Wildman–Crippen LogP) is 2.41. The molecule has 102 valence electrons. The molecule has 0 radical (unpaired) electrons. The van der Waals surface area contributed by atoms with E-state index in [9.17, 15) is 19.3 Å². The molecule has 1 heterocycles. The smallest absolute Gasteiger partial charge is 0.269 e. The monoisotopic (exact) mass is 275 g/mol. The van der Waals surface area contributed by atoms with Gasteiger partial charge in [0.1, 0.15) is 0 Å². The van der Waals surface area contributed by atoms with Crippen LogP contribution in [0.2, 0.25) is 0 Å². The predicted molar refractivity (Wildman–Crippen MR) is 70.0 cm³/mol. The number of anilines is 1. The molecule has 0 spiro atoms. The van der Waals surface area contributed by atoms with E-state index in [-0.39, 0.29) is 11.3 Å². The largest absolute Gasteiger partial charge is 0.311 e. The van der Waals surface area contributed by atoms with Crippen LogP contribution in [-0.4, -0.2) is 22.9 Å². The van der Waals surface area contributed by atoms with Crippen LogP contribution in [0, 0.1) is 16.1 Å². The molecular weight excluding hydrogens is 265 g/mol. The van der Waals surface area contributed by atoms with Crippen LogP contribution in [-0.2, 0) is 0 Å². The van der Waals surface area contributed by atoms with Crippen molar-refractivity contribution in [1.29, 1.82) is 0 Å². The third kappa shape index (κ3) is 2.61. The lowest BCUT2D eigenvalue weighted by atomic mass is 10.2. The van der Waals surface area contributed by atoms with Crippen LogP contribution in [0.25, 0.3) is 0 Å². The van der Waals surface area contributed by atoms with Crippen LogP contribution in [0.1, 0.15) is 10.4 Å². The van der Waals surface area contributed by atoms with Crippen molar-refractivity contribution in [3.63, 3.8) is 0 Å². The number of rotatable bonds is 3. The first kappa shape index (κ1) is 13.6. The number of non-ortho nitro benzene ring substituents is 1. The molecule has 0 N–H and O–H groups in total. The molecule has 7 heteroatoms. The summed E-state index contributed by atoms with van der Waals surface area (Å²) in [7, 11) is 1.45. The van der Waals surface area contributed by atoms with Gasteiger partial charge in [-0.1, -0.05) is 0 Å². The molecule has 0 saturated carbocycles. The Morgan fingerprint density at radius 3 is 2.50 bits per heavy atom. The zero-order valence-corrected chi connectivity index (χ0v) is 10.5. The second-order valence-corrected chi connectivity index (χ2v) is 3.98. The first-order valence-corrected chi connectivity index (χ1v) is 5.63. The average molecular weight is 275 g/mol. The minimum absolute atomic E-state index is 0.0813. The van der Waals surface area contributed by atoms with E-state index < -0.39 is 16.8 Å². The summed E-state index contributed by atoms with van der Waals surface area (Å²) < 4.78 is 13.4. The van der Waals surface area contributed by atoms with Crippen molar-refractivity contribution in [2.75, 3.05) is 11.9 Å². The minimum atomic E-state index is -0.855. The topological polar surface area (TPSA) is 76.3 Å². The maximum atomic E-state index is 13.4. The van der Waals surface area contributed by atoms with E-state index >= 15 is 0 Å². The highest BCUT2D eigenvalue weighted by Crippen LogP contribution is 2.20. The number of nitro groups is 1. The van der Waals surface area contributed by atoms with E-state index in [0.29, 0.717) is 5.69 Å². The maximum Gasteiger partial charge on any atom is 0.269 e. The van der Waals surface area contributed by atoms with Gasteiger partial charge in [-0.3, -0.25) is 14.9 Å². The molecule has 2 rings (SSSR count). The fraction of sp³-hybridized carbons (Fsp3) is 0.0769. The summed E-state index contributed by atoms with van der Waals surface area (Å²) in [6.45, 7) is 0.